The molecule has 2 aromatic heterocycles. The van der Waals surface area contributed by atoms with Crippen molar-refractivity contribution < 1.29 is 28.2 Å². The summed E-state index contributed by atoms with van der Waals surface area (Å²) in [5.74, 6) is 5.43. The smallest absolute Gasteiger partial charge is 0.229 e. The number of imidazole rings is 1. The standard InChI is InChI=1S/C42H51N5O6/c1-29-10-13-34(53-29)28-47(41-43-35-8-6-7-9-36(35)44-41)32-16-20-45(21-17-32)22-18-42(26-30-11-14-33(49-2)15-12-30)19-23-46(40(42)48)27-31-24-37(50-3)39(52-5)38(25-31)51-4/h6-15,24-25,32H,16-23,26-28H2,1-5H3,(H,43,44). The molecule has 0 saturated carbocycles. The maximum atomic E-state index is 14.6. The zero-order valence-corrected chi connectivity index (χ0v) is 31.5. The van der Waals surface area contributed by atoms with Crippen LogP contribution in [0, 0.1) is 12.3 Å². The molecule has 2 fully saturated rings. The second kappa shape index (κ2) is 15.8. The van der Waals surface area contributed by atoms with Crippen LogP contribution in [-0.2, 0) is 24.3 Å². The molecule has 0 aliphatic carbocycles. The first-order valence-corrected chi connectivity index (χ1v) is 18.5. The fourth-order valence-electron chi connectivity index (χ4n) is 8.13. The van der Waals surface area contributed by atoms with E-state index in [9.17, 15) is 4.79 Å². The fraction of sp³-hybridized carbons (Fsp3) is 0.429. The number of nitrogens with zero attached hydrogens (tertiary/aromatic N) is 4. The Morgan fingerprint density at radius 2 is 1.62 bits per heavy atom. The monoisotopic (exact) mass is 721 g/mol. The number of nitrogens with one attached hydrogen (secondary N) is 1. The van der Waals surface area contributed by atoms with Crippen molar-refractivity contribution >= 4 is 22.9 Å². The Balaban J connectivity index is 1.06. The van der Waals surface area contributed by atoms with E-state index in [1.165, 1.54) is 0 Å². The summed E-state index contributed by atoms with van der Waals surface area (Å²) in [6.07, 6.45) is 4.24. The lowest BCUT2D eigenvalue weighted by Gasteiger charge is -2.39. The number of hydrogen-bond donors (Lipinski definition) is 1. The van der Waals surface area contributed by atoms with Gasteiger partial charge in [0.2, 0.25) is 17.6 Å². The summed E-state index contributed by atoms with van der Waals surface area (Å²) in [7, 11) is 6.50. The second-order valence-corrected chi connectivity index (χ2v) is 14.4. The van der Waals surface area contributed by atoms with Crippen LogP contribution in [0.25, 0.3) is 11.0 Å². The lowest BCUT2D eigenvalue weighted by Crippen LogP contribution is -2.46. The molecular formula is C42H51N5O6. The Hall–Kier alpha value is -5.16. The predicted octanol–water partition coefficient (Wildman–Crippen LogP) is 7.02. The number of fused-ring (bicyclic) bond motifs is 1. The van der Waals surface area contributed by atoms with E-state index in [1.54, 1.807) is 28.4 Å². The van der Waals surface area contributed by atoms with E-state index >= 15 is 0 Å². The lowest BCUT2D eigenvalue weighted by atomic mass is 9.77. The number of aromatic nitrogens is 2. The van der Waals surface area contributed by atoms with Gasteiger partial charge in [-0.1, -0.05) is 24.3 Å². The third-order valence-electron chi connectivity index (χ3n) is 11.1. The molecule has 1 atom stereocenters. The number of H-pyrrole nitrogens is 1. The summed E-state index contributed by atoms with van der Waals surface area (Å²) in [6, 6.07) is 24.6. The van der Waals surface area contributed by atoms with Crippen LogP contribution in [-0.4, -0.2) is 86.3 Å². The number of methoxy groups -OCH3 is 4. The van der Waals surface area contributed by atoms with Crippen LogP contribution in [0.15, 0.2) is 77.2 Å². The molecule has 5 aromatic rings. The highest BCUT2D eigenvalue weighted by molar-refractivity contribution is 5.85. The van der Waals surface area contributed by atoms with Crippen molar-refractivity contribution in [3.05, 3.63) is 95.4 Å². The molecule has 0 radical (unpaired) electrons. The molecule has 7 rings (SSSR count). The number of aryl methyl sites for hydroxylation is 1. The van der Waals surface area contributed by atoms with Crippen LogP contribution in [0.5, 0.6) is 23.0 Å². The summed E-state index contributed by atoms with van der Waals surface area (Å²) in [6.45, 7) is 6.54. The number of amides is 1. The van der Waals surface area contributed by atoms with Crippen LogP contribution in [0.1, 0.15) is 48.3 Å². The third kappa shape index (κ3) is 7.81. The summed E-state index contributed by atoms with van der Waals surface area (Å²) in [4.78, 5) is 30.0. The molecule has 53 heavy (non-hydrogen) atoms. The van der Waals surface area contributed by atoms with Crippen molar-refractivity contribution in [1.29, 1.82) is 0 Å². The minimum Gasteiger partial charge on any atom is -0.497 e. The molecule has 3 aromatic carbocycles. The molecule has 2 aliphatic heterocycles. The number of benzene rings is 3. The van der Waals surface area contributed by atoms with Crippen molar-refractivity contribution in [2.24, 2.45) is 5.41 Å². The fourth-order valence-corrected chi connectivity index (χ4v) is 8.13. The molecule has 2 aliphatic rings. The van der Waals surface area contributed by atoms with Gasteiger partial charge >= 0.3 is 0 Å². The summed E-state index contributed by atoms with van der Waals surface area (Å²) < 4.78 is 28.2. The van der Waals surface area contributed by atoms with E-state index in [4.69, 9.17) is 28.3 Å². The van der Waals surface area contributed by atoms with E-state index in [1.807, 2.05) is 60.4 Å². The number of ether oxygens (including phenoxy) is 4. The number of aromatic amines is 1. The van der Waals surface area contributed by atoms with Gasteiger partial charge in [-0.15, -0.1) is 0 Å². The van der Waals surface area contributed by atoms with Crippen LogP contribution in [0.4, 0.5) is 5.95 Å². The van der Waals surface area contributed by atoms with Crippen molar-refractivity contribution in [1.82, 2.24) is 19.8 Å². The topological polar surface area (TPSA) is 106 Å². The van der Waals surface area contributed by atoms with Crippen molar-refractivity contribution in [2.45, 2.75) is 58.2 Å². The van der Waals surface area contributed by atoms with Gasteiger partial charge in [0, 0.05) is 32.2 Å². The summed E-state index contributed by atoms with van der Waals surface area (Å²) >= 11 is 0. The summed E-state index contributed by atoms with van der Waals surface area (Å²) in [5.41, 5.74) is 3.56. The van der Waals surface area contributed by atoms with E-state index in [0.29, 0.717) is 49.3 Å². The maximum absolute atomic E-state index is 14.6. The molecule has 0 bridgehead atoms. The number of rotatable bonds is 15. The molecule has 1 N–H and O–H groups in total. The van der Waals surface area contributed by atoms with E-state index < -0.39 is 5.41 Å². The Morgan fingerprint density at radius 3 is 2.26 bits per heavy atom. The highest BCUT2D eigenvalue weighted by atomic mass is 16.5. The molecule has 1 unspecified atom stereocenters. The number of carbonyl (C=O) groups is 1. The highest BCUT2D eigenvalue weighted by Crippen LogP contribution is 2.42. The second-order valence-electron chi connectivity index (χ2n) is 14.4. The molecular weight excluding hydrogens is 670 g/mol. The molecule has 0 spiro atoms. The molecule has 11 heteroatoms. The number of likely N-dealkylation sites (tertiary alicyclic amines) is 2. The van der Waals surface area contributed by atoms with Gasteiger partial charge in [-0.2, -0.15) is 0 Å². The average Bonchev–Trinajstić information content (AvgIpc) is 3.90. The zero-order chi connectivity index (χ0) is 37.0. The molecule has 4 heterocycles. The van der Waals surface area contributed by atoms with Crippen LogP contribution < -0.4 is 23.8 Å². The van der Waals surface area contributed by atoms with E-state index in [2.05, 4.69) is 39.0 Å². The number of carbonyl (C=O) groups excluding carboxylic acids is 1. The SMILES string of the molecule is COc1ccc(CC2(CCN3CCC(N(Cc4ccc(C)o4)c4nc5ccccc5[nH]4)CC3)CCN(Cc3cc(OC)c(OC)c(OC)c3)C2=O)cc1. The maximum Gasteiger partial charge on any atom is 0.229 e. The molecule has 280 valence electrons. The molecule has 1 amide bonds. The van der Waals surface area contributed by atoms with Gasteiger partial charge in [0.1, 0.15) is 17.3 Å². The number of hydrogen-bond acceptors (Lipinski definition) is 9. The predicted molar refractivity (Wildman–Crippen MR) is 205 cm³/mol. The van der Waals surface area contributed by atoms with Crippen molar-refractivity contribution in [3.8, 4) is 23.0 Å². The number of anilines is 1. The first-order valence-electron chi connectivity index (χ1n) is 18.5. The number of furan rings is 1. The van der Waals surface area contributed by atoms with Gasteiger partial charge in [-0.05, 0) is 105 Å². The van der Waals surface area contributed by atoms with Crippen LogP contribution in [0.2, 0.25) is 0 Å². The Labute approximate surface area is 311 Å². The normalized spacial score (nSPS) is 18.1. The lowest BCUT2D eigenvalue weighted by molar-refractivity contribution is -0.137. The number of para-hydroxylation sites is 2. The van der Waals surface area contributed by atoms with Crippen LogP contribution in [0.3, 0.4) is 0 Å². The van der Waals surface area contributed by atoms with Gasteiger partial charge in [0.25, 0.3) is 0 Å². The average molecular weight is 722 g/mol. The zero-order valence-electron chi connectivity index (χ0n) is 31.5. The van der Waals surface area contributed by atoms with Gasteiger partial charge in [0.05, 0.1) is 51.4 Å². The number of piperidine rings is 1. The third-order valence-corrected chi connectivity index (χ3v) is 11.1. The van der Waals surface area contributed by atoms with Crippen molar-refractivity contribution in [2.75, 3.05) is 59.5 Å². The van der Waals surface area contributed by atoms with Crippen molar-refractivity contribution in [3.63, 3.8) is 0 Å². The molecule has 2 saturated heterocycles. The first kappa shape index (κ1) is 36.2. The molecule has 11 nitrogen and oxygen atoms in total. The quantitative estimate of drug-likeness (QED) is 0.122. The minimum atomic E-state index is -0.510. The van der Waals surface area contributed by atoms with Gasteiger partial charge in [0.15, 0.2) is 11.5 Å². The Kier molecular flexibility index (Phi) is 10.8. The van der Waals surface area contributed by atoms with E-state index in [-0.39, 0.29) is 5.91 Å². The first-order chi connectivity index (χ1) is 25.8. The largest absolute Gasteiger partial charge is 0.497 e. The van der Waals surface area contributed by atoms with Crippen LogP contribution >= 0.6 is 0 Å². The minimum absolute atomic E-state index is 0.196. The highest BCUT2D eigenvalue weighted by Gasteiger charge is 2.46. The van der Waals surface area contributed by atoms with E-state index in [0.717, 1.165) is 90.7 Å². The van der Waals surface area contributed by atoms with Gasteiger partial charge in [-0.25, -0.2) is 4.98 Å². The van der Waals surface area contributed by atoms with Gasteiger partial charge in [-0.3, -0.25) is 4.79 Å². The summed E-state index contributed by atoms with van der Waals surface area (Å²) in [5, 5.41) is 0. The van der Waals surface area contributed by atoms with Gasteiger partial charge < -0.3 is 43.0 Å². The Bertz CT molecular complexity index is 1940. The Morgan fingerprint density at radius 1 is 0.887 bits per heavy atom.